The van der Waals surface area contributed by atoms with Gasteiger partial charge in [0.05, 0.1) is 25.8 Å². The number of ether oxygens (including phenoxy) is 2. The van der Waals surface area contributed by atoms with Crippen molar-refractivity contribution in [1.82, 2.24) is 4.90 Å². The number of ketones is 1. The van der Waals surface area contributed by atoms with Crippen molar-refractivity contribution >= 4 is 17.4 Å². The summed E-state index contributed by atoms with van der Waals surface area (Å²) in [7, 11) is 0. The molecular formula is C27H26N2O5. The zero-order chi connectivity index (χ0) is 24.1. The van der Waals surface area contributed by atoms with Gasteiger partial charge in [-0.05, 0) is 43.2 Å². The van der Waals surface area contributed by atoms with E-state index in [0.717, 1.165) is 5.56 Å². The summed E-state index contributed by atoms with van der Waals surface area (Å²) in [6.45, 7) is 4.77. The van der Waals surface area contributed by atoms with Crippen LogP contribution in [-0.4, -0.2) is 29.8 Å². The molecule has 2 aromatic carbocycles. The van der Waals surface area contributed by atoms with Crippen molar-refractivity contribution < 1.29 is 29.2 Å². The maximum atomic E-state index is 13.5. The molecule has 7 nitrogen and oxygen atoms in total. The molecule has 0 spiro atoms. The lowest BCUT2D eigenvalue weighted by molar-refractivity contribution is -0.378. The van der Waals surface area contributed by atoms with E-state index in [9.17, 15) is 14.7 Å². The molecule has 34 heavy (non-hydrogen) atoms. The Labute approximate surface area is 198 Å². The number of Topliss-reactive ketones (excluding diaryl/α,β-unsaturated/α-hetero) is 1. The number of nitrogens with one attached hydrogen (secondary N) is 1. The van der Waals surface area contributed by atoms with E-state index in [0.29, 0.717) is 35.8 Å². The number of H-pyrrole nitrogens is 1. The zero-order valence-electron chi connectivity index (χ0n) is 19.1. The number of benzene rings is 2. The fourth-order valence-corrected chi connectivity index (χ4v) is 4.09. The summed E-state index contributed by atoms with van der Waals surface area (Å²) in [5.74, 6) is -0.902. The first-order valence-electron chi connectivity index (χ1n) is 11.2. The van der Waals surface area contributed by atoms with Crippen LogP contribution < -0.4 is 19.6 Å². The van der Waals surface area contributed by atoms with Gasteiger partial charge in [-0.25, -0.2) is 4.98 Å². The van der Waals surface area contributed by atoms with Crippen molar-refractivity contribution in [3.8, 4) is 11.5 Å². The van der Waals surface area contributed by atoms with Crippen LogP contribution in [0.5, 0.6) is 11.5 Å². The van der Waals surface area contributed by atoms with Crippen molar-refractivity contribution in [1.29, 1.82) is 0 Å². The molecule has 1 atom stereocenters. The number of hydrogen-bond acceptors (Lipinski definition) is 5. The van der Waals surface area contributed by atoms with Crippen LogP contribution in [0.25, 0.3) is 5.76 Å². The average molecular weight is 459 g/mol. The molecule has 1 aliphatic heterocycles. The monoisotopic (exact) mass is 458 g/mol. The van der Waals surface area contributed by atoms with E-state index in [1.165, 1.54) is 4.90 Å². The minimum absolute atomic E-state index is 0.0669. The standard InChI is InChI=1S/C27H26N2O5/c1-3-33-21-13-12-20(15-22(21)34-4-2)24-23(25(30)19-10-6-5-7-11-19)26(31)27(32)29(24)17-18-9-8-14-28-16-18/h5-16,24,30H,3-4,17H2,1-2H3. The Hall–Kier alpha value is -4.13. The van der Waals surface area contributed by atoms with E-state index in [1.807, 2.05) is 26.0 Å². The minimum Gasteiger partial charge on any atom is -0.872 e. The first kappa shape index (κ1) is 23.0. The predicted octanol–water partition coefficient (Wildman–Crippen LogP) is 2.72. The molecule has 1 aromatic heterocycles. The minimum atomic E-state index is -0.859. The fourth-order valence-electron chi connectivity index (χ4n) is 4.09. The maximum absolute atomic E-state index is 13.5. The van der Waals surface area contributed by atoms with E-state index in [-0.39, 0.29) is 12.1 Å². The number of rotatable bonds is 8. The molecule has 7 heteroatoms. The van der Waals surface area contributed by atoms with Gasteiger partial charge < -0.3 is 19.5 Å². The van der Waals surface area contributed by atoms with Crippen LogP contribution >= 0.6 is 0 Å². The lowest BCUT2D eigenvalue weighted by Crippen LogP contribution is -2.29. The Morgan fingerprint density at radius 3 is 2.38 bits per heavy atom. The maximum Gasteiger partial charge on any atom is 0.295 e. The van der Waals surface area contributed by atoms with Gasteiger partial charge >= 0.3 is 0 Å². The number of pyridine rings is 1. The molecule has 4 rings (SSSR count). The zero-order valence-corrected chi connectivity index (χ0v) is 19.1. The highest BCUT2D eigenvalue weighted by Crippen LogP contribution is 2.42. The smallest absolute Gasteiger partial charge is 0.295 e. The molecule has 1 N–H and O–H groups in total. The molecule has 1 aliphatic rings. The average Bonchev–Trinajstić information content (AvgIpc) is 3.11. The Bertz CT molecular complexity index is 1210. The van der Waals surface area contributed by atoms with Gasteiger partial charge in [0.25, 0.3) is 5.91 Å². The molecule has 1 fully saturated rings. The lowest BCUT2D eigenvalue weighted by Gasteiger charge is -2.28. The highest BCUT2D eigenvalue weighted by molar-refractivity contribution is 6.46. The SMILES string of the molecule is CCOc1ccc(C2C(=C([O-])c3ccccc3)C(=O)C(=O)N2Cc2ccc[nH+]c2)cc1OCC. The highest BCUT2D eigenvalue weighted by Gasteiger charge is 2.44. The Kier molecular flexibility index (Phi) is 6.92. The molecule has 1 saturated heterocycles. The van der Waals surface area contributed by atoms with Crippen molar-refractivity contribution in [3.63, 3.8) is 0 Å². The van der Waals surface area contributed by atoms with Crippen molar-refractivity contribution in [2.75, 3.05) is 13.2 Å². The first-order chi connectivity index (χ1) is 16.5. The van der Waals surface area contributed by atoms with Crippen LogP contribution in [0.1, 0.15) is 36.6 Å². The molecule has 2 heterocycles. The molecule has 3 aromatic rings. The summed E-state index contributed by atoms with van der Waals surface area (Å²) in [5, 5.41) is 13.5. The molecule has 0 saturated carbocycles. The van der Waals surface area contributed by atoms with Crippen molar-refractivity contribution in [2.45, 2.75) is 26.4 Å². The molecule has 1 amide bonds. The fraction of sp³-hybridized carbons (Fsp3) is 0.222. The van der Waals surface area contributed by atoms with Crippen molar-refractivity contribution in [2.24, 2.45) is 0 Å². The van der Waals surface area contributed by atoms with Crippen LogP contribution in [0.4, 0.5) is 0 Å². The van der Waals surface area contributed by atoms with Gasteiger partial charge in [-0.3, -0.25) is 9.59 Å². The van der Waals surface area contributed by atoms with Crippen molar-refractivity contribution in [3.05, 3.63) is 95.3 Å². The number of amides is 1. The van der Waals surface area contributed by atoms with E-state index < -0.39 is 23.5 Å². The lowest BCUT2D eigenvalue weighted by atomic mass is 9.95. The van der Waals surface area contributed by atoms with E-state index in [1.54, 1.807) is 60.9 Å². The first-order valence-corrected chi connectivity index (χ1v) is 11.2. The second-order valence-electron chi connectivity index (χ2n) is 7.76. The van der Waals surface area contributed by atoms with Gasteiger partial charge in [0.15, 0.2) is 23.9 Å². The molecule has 1 unspecified atom stereocenters. The Morgan fingerprint density at radius 1 is 0.971 bits per heavy atom. The molecule has 0 radical (unpaired) electrons. The third kappa shape index (κ3) is 4.50. The molecule has 174 valence electrons. The van der Waals surface area contributed by atoms with Crippen LogP contribution in [0.2, 0.25) is 0 Å². The molecule has 0 aliphatic carbocycles. The molecule has 0 bridgehead atoms. The predicted molar refractivity (Wildman–Crippen MR) is 123 cm³/mol. The summed E-state index contributed by atoms with van der Waals surface area (Å²) in [4.78, 5) is 30.8. The van der Waals surface area contributed by atoms with E-state index >= 15 is 0 Å². The summed E-state index contributed by atoms with van der Waals surface area (Å²) < 4.78 is 11.4. The van der Waals surface area contributed by atoms with Gasteiger partial charge in [-0.15, -0.1) is 0 Å². The van der Waals surface area contributed by atoms with Crippen LogP contribution in [-0.2, 0) is 16.1 Å². The Morgan fingerprint density at radius 2 is 1.71 bits per heavy atom. The number of aromatic nitrogens is 1. The largest absolute Gasteiger partial charge is 0.872 e. The number of carbonyl (C=O) groups is 2. The van der Waals surface area contributed by atoms with Gasteiger partial charge in [0, 0.05) is 17.2 Å². The second-order valence-corrected chi connectivity index (χ2v) is 7.76. The van der Waals surface area contributed by atoms with Gasteiger partial charge in [-0.1, -0.05) is 42.2 Å². The van der Waals surface area contributed by atoms with Gasteiger partial charge in [0.2, 0.25) is 5.78 Å². The quantitative estimate of drug-likeness (QED) is 0.294. The van der Waals surface area contributed by atoms with E-state index in [4.69, 9.17) is 9.47 Å². The number of aromatic amines is 1. The highest BCUT2D eigenvalue weighted by atomic mass is 16.5. The normalized spacial score (nSPS) is 17.1. The van der Waals surface area contributed by atoms with Gasteiger partial charge in [0.1, 0.15) is 0 Å². The number of nitrogens with zero attached hydrogens (tertiary/aromatic N) is 1. The van der Waals surface area contributed by atoms with Crippen LogP contribution in [0.3, 0.4) is 0 Å². The van der Waals surface area contributed by atoms with Crippen LogP contribution in [0.15, 0.2) is 78.6 Å². The number of likely N-dealkylation sites (tertiary alicyclic amines) is 1. The summed E-state index contributed by atoms with van der Waals surface area (Å²) in [6.07, 6.45) is 3.52. The third-order valence-electron chi connectivity index (χ3n) is 5.57. The Balaban J connectivity index is 1.87. The third-order valence-corrected chi connectivity index (χ3v) is 5.57. The topological polar surface area (TPSA) is 93.0 Å². The number of carbonyl (C=O) groups excluding carboxylic acids is 2. The molecular weight excluding hydrogens is 432 g/mol. The second kappa shape index (κ2) is 10.2. The van der Waals surface area contributed by atoms with Crippen LogP contribution in [0, 0.1) is 0 Å². The van der Waals surface area contributed by atoms with E-state index in [2.05, 4.69) is 4.98 Å². The number of hydrogen-bond donors (Lipinski definition) is 0. The summed E-state index contributed by atoms with van der Waals surface area (Å²) in [6, 6.07) is 16.6. The summed E-state index contributed by atoms with van der Waals surface area (Å²) in [5.41, 5.74) is 1.69. The van der Waals surface area contributed by atoms with Gasteiger partial charge in [-0.2, -0.15) is 0 Å². The summed E-state index contributed by atoms with van der Waals surface area (Å²) >= 11 is 0.